The number of imidazole rings is 1. The molecule has 6 heteroatoms. The van der Waals surface area contributed by atoms with Gasteiger partial charge in [-0.2, -0.15) is 13.2 Å². The molecule has 3 aromatic carbocycles. The largest absolute Gasteiger partial charge is 0.416 e. The molecule has 0 atom stereocenters. The Labute approximate surface area is 170 Å². The van der Waals surface area contributed by atoms with Crippen LogP contribution in [-0.4, -0.2) is 15.8 Å². The molecule has 0 aliphatic rings. The van der Waals surface area contributed by atoms with Gasteiger partial charge in [0.25, 0.3) is 0 Å². The second kappa shape index (κ2) is 7.63. The molecule has 4 rings (SSSR count). The van der Waals surface area contributed by atoms with Gasteiger partial charge in [-0.3, -0.25) is 4.79 Å². The molecule has 0 fully saturated rings. The predicted octanol–water partition coefficient (Wildman–Crippen LogP) is 6.62. The van der Waals surface area contributed by atoms with Crippen LogP contribution < -0.4 is 0 Å². The van der Waals surface area contributed by atoms with Gasteiger partial charge in [0.15, 0.2) is 5.78 Å². The number of benzene rings is 3. The summed E-state index contributed by atoms with van der Waals surface area (Å²) in [4.78, 5) is 19.5. The van der Waals surface area contributed by atoms with Gasteiger partial charge in [0, 0.05) is 5.56 Å². The number of aromatic nitrogens is 2. The smallest absolute Gasteiger partial charge is 0.338 e. The van der Waals surface area contributed by atoms with Crippen molar-refractivity contribution in [2.24, 2.45) is 0 Å². The summed E-state index contributed by atoms with van der Waals surface area (Å²) in [7, 11) is 0. The molecule has 3 nitrogen and oxygen atoms in total. The van der Waals surface area contributed by atoms with E-state index in [2.05, 4.69) is 9.97 Å². The predicted molar refractivity (Wildman–Crippen MR) is 112 cm³/mol. The van der Waals surface area contributed by atoms with Gasteiger partial charge in [-0.05, 0) is 54.0 Å². The first-order valence-corrected chi connectivity index (χ1v) is 9.27. The van der Waals surface area contributed by atoms with Crippen molar-refractivity contribution in [3.05, 3.63) is 89.2 Å². The first-order valence-electron chi connectivity index (χ1n) is 9.27. The second-order valence-electron chi connectivity index (χ2n) is 6.91. The molecule has 1 N–H and O–H groups in total. The number of aromatic amines is 1. The minimum absolute atomic E-state index is 0.0139. The highest BCUT2D eigenvalue weighted by molar-refractivity contribution is 6.01. The van der Waals surface area contributed by atoms with Crippen LogP contribution in [0.25, 0.3) is 34.3 Å². The highest BCUT2D eigenvalue weighted by Crippen LogP contribution is 2.30. The zero-order chi connectivity index (χ0) is 21.3. The lowest BCUT2D eigenvalue weighted by Crippen LogP contribution is -2.04. The third-order valence-corrected chi connectivity index (χ3v) is 4.77. The number of carbonyl (C=O) groups is 1. The van der Waals surface area contributed by atoms with Crippen LogP contribution in [0.2, 0.25) is 0 Å². The summed E-state index contributed by atoms with van der Waals surface area (Å²) in [5.41, 5.74) is 3.59. The molecule has 4 aromatic rings. The first-order chi connectivity index (χ1) is 14.3. The van der Waals surface area contributed by atoms with Gasteiger partial charge in [-0.25, -0.2) is 4.98 Å². The molecule has 0 aliphatic heterocycles. The molecule has 0 bridgehead atoms. The number of ketones is 1. The summed E-state index contributed by atoms with van der Waals surface area (Å²) < 4.78 is 38.6. The fraction of sp³-hybridized carbons (Fsp3) is 0.0833. The average Bonchev–Trinajstić information content (AvgIpc) is 3.14. The minimum atomic E-state index is -4.38. The molecule has 0 amide bonds. The Balaban J connectivity index is 1.66. The van der Waals surface area contributed by atoms with Crippen LogP contribution in [-0.2, 0) is 6.18 Å². The molecule has 1 aromatic heterocycles. The number of rotatable bonds is 4. The number of carbonyl (C=O) groups excluding carboxylic acids is 1. The molecule has 1 heterocycles. The zero-order valence-corrected chi connectivity index (χ0v) is 16.0. The van der Waals surface area contributed by atoms with E-state index in [1.807, 2.05) is 36.4 Å². The van der Waals surface area contributed by atoms with Gasteiger partial charge < -0.3 is 4.98 Å². The normalized spacial score (nSPS) is 12.0. The van der Waals surface area contributed by atoms with E-state index in [0.29, 0.717) is 17.0 Å². The lowest BCUT2D eigenvalue weighted by molar-refractivity contribution is -0.137. The standard InChI is InChI=1S/C24H17F3N2O/c1-15(30)19-7-2-3-8-20(19)17-10-11-21-22(14-17)29-23(28-21)12-9-16-5-4-6-18(13-16)24(25,26)27/h2-14H,1H3,(H,28,29)/b12-9+. The Hall–Kier alpha value is -3.67. The maximum Gasteiger partial charge on any atom is 0.416 e. The Bertz CT molecular complexity index is 1270. The number of Topliss-reactive ketones (excluding diaryl/α,β-unsaturated/α-hetero) is 1. The highest BCUT2D eigenvalue weighted by Gasteiger charge is 2.30. The van der Waals surface area contributed by atoms with Gasteiger partial charge in [0.1, 0.15) is 5.82 Å². The Morgan fingerprint density at radius 2 is 1.77 bits per heavy atom. The quantitative estimate of drug-likeness (QED) is 0.387. The number of nitrogens with one attached hydrogen (secondary N) is 1. The molecule has 30 heavy (non-hydrogen) atoms. The summed E-state index contributed by atoms with van der Waals surface area (Å²) in [5, 5.41) is 0. The Morgan fingerprint density at radius 1 is 0.967 bits per heavy atom. The molecule has 0 saturated heterocycles. The Kier molecular flexibility index (Phi) is 4.99. The zero-order valence-electron chi connectivity index (χ0n) is 16.0. The van der Waals surface area contributed by atoms with Gasteiger partial charge >= 0.3 is 6.18 Å². The van der Waals surface area contributed by atoms with Crippen molar-refractivity contribution in [3.8, 4) is 11.1 Å². The van der Waals surface area contributed by atoms with Crippen LogP contribution in [0.15, 0.2) is 66.7 Å². The summed E-state index contributed by atoms with van der Waals surface area (Å²) in [6.45, 7) is 1.53. The van der Waals surface area contributed by atoms with E-state index in [0.717, 1.165) is 34.3 Å². The first kappa shape index (κ1) is 19.6. The summed E-state index contributed by atoms with van der Waals surface area (Å²) in [5.74, 6) is 0.513. The van der Waals surface area contributed by atoms with Crippen LogP contribution in [0.3, 0.4) is 0 Å². The third kappa shape index (κ3) is 4.03. The Morgan fingerprint density at radius 3 is 2.53 bits per heavy atom. The van der Waals surface area contributed by atoms with E-state index in [4.69, 9.17) is 0 Å². The lowest BCUT2D eigenvalue weighted by Gasteiger charge is -2.06. The van der Waals surface area contributed by atoms with Crippen molar-refractivity contribution in [2.75, 3.05) is 0 Å². The third-order valence-electron chi connectivity index (χ3n) is 4.77. The second-order valence-corrected chi connectivity index (χ2v) is 6.91. The van der Waals surface area contributed by atoms with Crippen molar-refractivity contribution in [1.29, 1.82) is 0 Å². The fourth-order valence-corrected chi connectivity index (χ4v) is 3.31. The molecule has 0 unspecified atom stereocenters. The van der Waals surface area contributed by atoms with Crippen molar-refractivity contribution < 1.29 is 18.0 Å². The highest BCUT2D eigenvalue weighted by atomic mass is 19.4. The van der Waals surface area contributed by atoms with Crippen LogP contribution in [0.1, 0.15) is 34.2 Å². The monoisotopic (exact) mass is 406 g/mol. The summed E-state index contributed by atoms with van der Waals surface area (Å²) >= 11 is 0. The minimum Gasteiger partial charge on any atom is -0.338 e. The van der Waals surface area contributed by atoms with Crippen LogP contribution >= 0.6 is 0 Å². The number of hydrogen-bond donors (Lipinski definition) is 1. The molecule has 150 valence electrons. The van der Waals surface area contributed by atoms with E-state index in [-0.39, 0.29) is 5.78 Å². The SMILES string of the molecule is CC(=O)c1ccccc1-c1ccc2nc(/C=C/c3cccc(C(F)(F)F)c3)[nH]c2c1. The van der Waals surface area contributed by atoms with Gasteiger partial charge in [-0.1, -0.05) is 48.5 Å². The molecular formula is C24H17F3N2O. The summed E-state index contributed by atoms with van der Waals surface area (Å²) in [6.07, 6.45) is -1.16. The summed E-state index contributed by atoms with van der Waals surface area (Å²) in [6, 6.07) is 18.1. The molecule has 0 aliphatic carbocycles. The van der Waals surface area contributed by atoms with Crippen LogP contribution in [0.4, 0.5) is 13.2 Å². The number of nitrogens with zero attached hydrogens (tertiary/aromatic N) is 1. The van der Waals surface area contributed by atoms with Crippen molar-refractivity contribution in [3.63, 3.8) is 0 Å². The van der Waals surface area contributed by atoms with Gasteiger partial charge in [-0.15, -0.1) is 0 Å². The molecule has 0 saturated carbocycles. The van der Waals surface area contributed by atoms with E-state index in [1.165, 1.54) is 13.0 Å². The topological polar surface area (TPSA) is 45.8 Å². The molecular weight excluding hydrogens is 389 g/mol. The number of hydrogen-bond acceptors (Lipinski definition) is 2. The van der Waals surface area contributed by atoms with Gasteiger partial charge in [0.2, 0.25) is 0 Å². The van der Waals surface area contributed by atoms with Crippen LogP contribution in [0, 0.1) is 0 Å². The van der Waals surface area contributed by atoms with E-state index in [9.17, 15) is 18.0 Å². The average molecular weight is 406 g/mol. The van der Waals surface area contributed by atoms with Crippen LogP contribution in [0.5, 0.6) is 0 Å². The number of alkyl halides is 3. The van der Waals surface area contributed by atoms with E-state index >= 15 is 0 Å². The van der Waals surface area contributed by atoms with Crippen molar-refractivity contribution >= 4 is 29.0 Å². The van der Waals surface area contributed by atoms with Crippen molar-refractivity contribution in [1.82, 2.24) is 9.97 Å². The fourth-order valence-electron chi connectivity index (χ4n) is 3.31. The van der Waals surface area contributed by atoms with Gasteiger partial charge in [0.05, 0.1) is 16.6 Å². The van der Waals surface area contributed by atoms with E-state index < -0.39 is 11.7 Å². The molecule has 0 spiro atoms. The van der Waals surface area contributed by atoms with Crippen molar-refractivity contribution in [2.45, 2.75) is 13.1 Å². The number of halogens is 3. The molecule has 0 radical (unpaired) electrons. The number of fused-ring (bicyclic) bond motifs is 1. The maximum atomic E-state index is 12.9. The number of H-pyrrole nitrogens is 1. The van der Waals surface area contributed by atoms with E-state index in [1.54, 1.807) is 24.3 Å². The lowest BCUT2D eigenvalue weighted by atomic mass is 9.97. The maximum absolute atomic E-state index is 12.9.